The van der Waals surface area contributed by atoms with Crippen LogP contribution >= 0.6 is 0 Å². The van der Waals surface area contributed by atoms with Gasteiger partial charge < -0.3 is 4.74 Å². The molecule has 1 aliphatic rings. The van der Waals surface area contributed by atoms with Crippen molar-refractivity contribution in [3.05, 3.63) is 0 Å². The Kier molecular flexibility index (Phi) is 2.59. The lowest BCUT2D eigenvalue weighted by molar-refractivity contribution is -0.126. The van der Waals surface area contributed by atoms with Crippen LogP contribution in [0.1, 0.15) is 27.2 Å². The summed E-state index contributed by atoms with van der Waals surface area (Å²) in [4.78, 5) is 23.2. The second-order valence-electron chi connectivity index (χ2n) is 4.41. The molecular formula is C9H15NO3. The van der Waals surface area contributed by atoms with Gasteiger partial charge in [0, 0.05) is 6.54 Å². The number of nitrogens with zero attached hydrogens (tertiary/aromatic N) is 1. The molecule has 13 heavy (non-hydrogen) atoms. The molecule has 1 fully saturated rings. The summed E-state index contributed by atoms with van der Waals surface area (Å²) < 4.78 is 4.58. The van der Waals surface area contributed by atoms with Gasteiger partial charge in [-0.05, 0) is 11.8 Å². The minimum atomic E-state index is -0.505. The number of hydrogen-bond acceptors (Lipinski definition) is 3. The molecule has 4 nitrogen and oxygen atoms in total. The third kappa shape index (κ3) is 2.72. The fourth-order valence-electron chi connectivity index (χ4n) is 1.04. The van der Waals surface area contributed by atoms with Crippen LogP contribution in [-0.4, -0.2) is 30.1 Å². The Bertz CT molecular complexity index is 214. The van der Waals surface area contributed by atoms with Crippen LogP contribution < -0.4 is 0 Å². The Balaban J connectivity index is 2.45. The van der Waals surface area contributed by atoms with Crippen molar-refractivity contribution in [2.45, 2.75) is 27.2 Å². The zero-order chi connectivity index (χ0) is 10.1. The zero-order valence-electron chi connectivity index (χ0n) is 8.29. The van der Waals surface area contributed by atoms with Gasteiger partial charge >= 0.3 is 6.09 Å². The SMILES string of the molecule is CC(C)(C)CCN1C(=O)COC1=O. The first-order valence-electron chi connectivity index (χ1n) is 4.37. The highest BCUT2D eigenvalue weighted by Gasteiger charge is 2.31. The number of carbonyl (C=O) groups is 2. The van der Waals surface area contributed by atoms with E-state index in [2.05, 4.69) is 25.5 Å². The number of cyclic esters (lactones) is 1. The number of rotatable bonds is 2. The van der Waals surface area contributed by atoms with Crippen LogP contribution in [0.15, 0.2) is 0 Å². The third-order valence-electron chi connectivity index (χ3n) is 1.93. The van der Waals surface area contributed by atoms with Gasteiger partial charge in [0.25, 0.3) is 5.91 Å². The number of ether oxygens (including phenoxy) is 1. The molecule has 0 saturated carbocycles. The van der Waals surface area contributed by atoms with E-state index in [0.717, 1.165) is 6.42 Å². The van der Waals surface area contributed by atoms with Crippen LogP contribution in [0, 0.1) is 5.41 Å². The fourth-order valence-corrected chi connectivity index (χ4v) is 1.04. The summed E-state index contributed by atoms with van der Waals surface area (Å²) in [5, 5.41) is 0. The van der Waals surface area contributed by atoms with Gasteiger partial charge in [-0.1, -0.05) is 20.8 Å². The topological polar surface area (TPSA) is 46.6 Å². The number of imide groups is 1. The van der Waals surface area contributed by atoms with Crippen molar-refractivity contribution in [1.82, 2.24) is 4.90 Å². The van der Waals surface area contributed by atoms with Crippen molar-refractivity contribution in [3.8, 4) is 0 Å². The molecule has 0 unspecified atom stereocenters. The van der Waals surface area contributed by atoms with E-state index in [1.165, 1.54) is 4.90 Å². The molecule has 0 radical (unpaired) electrons. The molecule has 0 atom stereocenters. The van der Waals surface area contributed by atoms with Gasteiger partial charge in [0.05, 0.1) is 0 Å². The van der Waals surface area contributed by atoms with Gasteiger partial charge in [0.15, 0.2) is 6.61 Å². The molecule has 0 N–H and O–H groups in total. The van der Waals surface area contributed by atoms with Gasteiger partial charge in [-0.15, -0.1) is 0 Å². The minimum Gasteiger partial charge on any atom is -0.439 e. The highest BCUT2D eigenvalue weighted by Crippen LogP contribution is 2.20. The van der Waals surface area contributed by atoms with E-state index < -0.39 is 6.09 Å². The predicted molar refractivity (Wildman–Crippen MR) is 47.1 cm³/mol. The average Bonchev–Trinajstić information content (AvgIpc) is 2.27. The van der Waals surface area contributed by atoms with E-state index in [1.807, 2.05) is 0 Å². The van der Waals surface area contributed by atoms with Crippen molar-refractivity contribution in [3.63, 3.8) is 0 Å². The van der Waals surface area contributed by atoms with Gasteiger partial charge in [-0.2, -0.15) is 0 Å². The van der Waals surface area contributed by atoms with E-state index in [4.69, 9.17) is 0 Å². The normalized spacial score (nSPS) is 17.9. The maximum Gasteiger partial charge on any atom is 0.417 e. The molecule has 0 bridgehead atoms. The summed E-state index contributed by atoms with van der Waals surface area (Å²) in [6, 6.07) is 0. The lowest BCUT2D eigenvalue weighted by atomic mass is 9.92. The molecule has 1 rings (SSSR count). The molecule has 74 valence electrons. The van der Waals surface area contributed by atoms with E-state index in [0.29, 0.717) is 6.54 Å². The fraction of sp³-hybridized carbons (Fsp3) is 0.778. The van der Waals surface area contributed by atoms with Crippen molar-refractivity contribution >= 4 is 12.0 Å². The summed E-state index contributed by atoms with van der Waals surface area (Å²) >= 11 is 0. The van der Waals surface area contributed by atoms with Crippen LogP contribution in [0.5, 0.6) is 0 Å². The first kappa shape index (κ1) is 10.0. The lowest BCUT2D eigenvalue weighted by Gasteiger charge is -2.20. The summed E-state index contributed by atoms with van der Waals surface area (Å²) in [6.07, 6.45) is 0.294. The first-order valence-corrected chi connectivity index (χ1v) is 4.37. The predicted octanol–water partition coefficient (Wildman–Crippen LogP) is 1.40. The van der Waals surface area contributed by atoms with E-state index in [-0.39, 0.29) is 17.9 Å². The molecule has 0 aromatic rings. The number of hydrogen-bond donors (Lipinski definition) is 0. The van der Waals surface area contributed by atoms with Gasteiger partial charge in [0.1, 0.15) is 0 Å². The molecule has 4 heteroatoms. The van der Waals surface area contributed by atoms with Gasteiger partial charge in [0.2, 0.25) is 0 Å². The van der Waals surface area contributed by atoms with E-state index >= 15 is 0 Å². The zero-order valence-corrected chi connectivity index (χ0v) is 8.29. The first-order chi connectivity index (χ1) is 5.90. The van der Waals surface area contributed by atoms with Crippen molar-refractivity contribution in [1.29, 1.82) is 0 Å². The molecule has 0 aromatic heterocycles. The molecule has 0 aromatic carbocycles. The second-order valence-corrected chi connectivity index (χ2v) is 4.41. The molecule has 1 aliphatic heterocycles. The smallest absolute Gasteiger partial charge is 0.417 e. The lowest BCUT2D eigenvalue weighted by Crippen LogP contribution is -2.32. The summed E-state index contributed by atoms with van der Waals surface area (Å²) in [6.45, 7) is 6.57. The van der Waals surface area contributed by atoms with Crippen LogP contribution in [0.3, 0.4) is 0 Å². The Hall–Kier alpha value is -1.06. The van der Waals surface area contributed by atoms with E-state index in [9.17, 15) is 9.59 Å². The van der Waals surface area contributed by atoms with Crippen LogP contribution in [-0.2, 0) is 9.53 Å². The Labute approximate surface area is 77.8 Å². The molecule has 0 spiro atoms. The Morgan fingerprint density at radius 3 is 2.38 bits per heavy atom. The van der Waals surface area contributed by atoms with Crippen molar-refractivity contribution in [2.24, 2.45) is 5.41 Å². The van der Waals surface area contributed by atoms with Crippen LogP contribution in [0.25, 0.3) is 0 Å². The molecule has 0 aliphatic carbocycles. The Morgan fingerprint density at radius 1 is 1.38 bits per heavy atom. The Morgan fingerprint density at radius 2 is 2.00 bits per heavy atom. The summed E-state index contributed by atoms with van der Waals surface area (Å²) in [7, 11) is 0. The molecule has 1 saturated heterocycles. The summed E-state index contributed by atoms with van der Waals surface area (Å²) in [5.41, 5.74) is 0.128. The highest BCUT2D eigenvalue weighted by atomic mass is 16.6. The van der Waals surface area contributed by atoms with Gasteiger partial charge in [-0.3, -0.25) is 4.79 Å². The largest absolute Gasteiger partial charge is 0.439 e. The summed E-state index contributed by atoms with van der Waals surface area (Å²) in [5.74, 6) is -0.228. The minimum absolute atomic E-state index is 0.0943. The molecular weight excluding hydrogens is 170 g/mol. The van der Waals surface area contributed by atoms with Gasteiger partial charge in [-0.25, -0.2) is 9.69 Å². The maximum atomic E-state index is 11.1. The monoisotopic (exact) mass is 185 g/mol. The maximum absolute atomic E-state index is 11.1. The van der Waals surface area contributed by atoms with Crippen LogP contribution in [0.2, 0.25) is 0 Å². The van der Waals surface area contributed by atoms with Crippen LogP contribution in [0.4, 0.5) is 4.79 Å². The van der Waals surface area contributed by atoms with Crippen molar-refractivity contribution < 1.29 is 14.3 Å². The highest BCUT2D eigenvalue weighted by molar-refractivity contribution is 5.97. The standard InChI is InChI=1S/C9H15NO3/c1-9(2,3)4-5-10-7(11)6-13-8(10)12/h4-6H2,1-3H3. The van der Waals surface area contributed by atoms with Crippen molar-refractivity contribution in [2.75, 3.05) is 13.2 Å². The molecule has 2 amide bonds. The molecule has 1 heterocycles. The third-order valence-corrected chi connectivity index (χ3v) is 1.93. The quantitative estimate of drug-likeness (QED) is 0.653. The average molecular weight is 185 g/mol. The second kappa shape index (κ2) is 3.36. The number of amides is 2. The van der Waals surface area contributed by atoms with E-state index in [1.54, 1.807) is 0 Å². The number of carbonyl (C=O) groups excluding carboxylic acids is 2.